The van der Waals surface area contributed by atoms with Gasteiger partial charge in [-0.05, 0) is 43.4 Å². The van der Waals surface area contributed by atoms with E-state index in [9.17, 15) is 9.59 Å². The summed E-state index contributed by atoms with van der Waals surface area (Å²) in [6.45, 7) is 3.48. The van der Waals surface area contributed by atoms with E-state index in [-0.39, 0.29) is 17.9 Å². The first-order valence-corrected chi connectivity index (χ1v) is 9.07. The average molecular weight is 350 g/mol. The summed E-state index contributed by atoms with van der Waals surface area (Å²) in [5.74, 6) is -0.0820. The van der Waals surface area contributed by atoms with Crippen molar-refractivity contribution in [3.05, 3.63) is 34.9 Å². The highest BCUT2D eigenvalue weighted by Crippen LogP contribution is 2.20. The molecular formula is C18H24ClN3O2. The minimum atomic E-state index is -0.113. The second-order valence-electron chi connectivity index (χ2n) is 6.61. The second kappa shape index (κ2) is 7.88. The fourth-order valence-corrected chi connectivity index (χ4v) is 3.54. The molecule has 2 saturated heterocycles. The van der Waals surface area contributed by atoms with Crippen molar-refractivity contribution in [1.82, 2.24) is 15.1 Å². The van der Waals surface area contributed by atoms with E-state index < -0.39 is 0 Å². The third-order valence-electron chi connectivity index (χ3n) is 4.82. The third-order valence-corrected chi connectivity index (χ3v) is 5.07. The number of amides is 3. The molecule has 0 bridgehead atoms. The second-order valence-corrected chi connectivity index (χ2v) is 7.04. The normalized spacial score (nSPS) is 21.0. The first-order valence-electron chi connectivity index (χ1n) is 8.69. The summed E-state index contributed by atoms with van der Waals surface area (Å²) in [6.07, 6.45) is 3.91. The number of carbonyl (C=O) groups excluding carboxylic acids is 2. The molecule has 0 unspecified atom stereocenters. The monoisotopic (exact) mass is 349 g/mol. The van der Waals surface area contributed by atoms with E-state index in [1.54, 1.807) is 0 Å². The predicted molar refractivity (Wildman–Crippen MR) is 93.8 cm³/mol. The number of benzene rings is 1. The Balaban J connectivity index is 1.51. The maximum absolute atomic E-state index is 12.5. The highest BCUT2D eigenvalue weighted by atomic mass is 35.5. The molecule has 2 aliphatic rings. The topological polar surface area (TPSA) is 52.7 Å². The highest BCUT2D eigenvalue weighted by molar-refractivity contribution is 6.30. The number of halogens is 1. The van der Waals surface area contributed by atoms with Crippen molar-refractivity contribution in [1.29, 1.82) is 0 Å². The molecule has 2 fully saturated rings. The number of rotatable bonds is 3. The SMILES string of the molecule is O=C(NCc1ccc(Cl)cc1)[C@@H]1CCCN(C(=O)N2CCCC2)C1. The molecule has 3 rings (SSSR count). The van der Waals surface area contributed by atoms with Crippen LogP contribution in [-0.2, 0) is 11.3 Å². The van der Waals surface area contributed by atoms with E-state index in [1.807, 2.05) is 34.1 Å². The lowest BCUT2D eigenvalue weighted by molar-refractivity contribution is -0.126. The lowest BCUT2D eigenvalue weighted by atomic mass is 9.97. The van der Waals surface area contributed by atoms with Crippen LogP contribution in [0.5, 0.6) is 0 Å². The zero-order chi connectivity index (χ0) is 16.9. The Bertz CT molecular complexity index is 584. The largest absolute Gasteiger partial charge is 0.352 e. The Hall–Kier alpha value is -1.75. The molecule has 0 radical (unpaired) electrons. The molecule has 0 aliphatic carbocycles. The van der Waals surface area contributed by atoms with Gasteiger partial charge in [-0.2, -0.15) is 0 Å². The summed E-state index contributed by atoms with van der Waals surface area (Å²) in [6, 6.07) is 7.56. The smallest absolute Gasteiger partial charge is 0.320 e. The van der Waals surface area contributed by atoms with Crippen LogP contribution in [0.3, 0.4) is 0 Å². The van der Waals surface area contributed by atoms with Gasteiger partial charge in [-0.1, -0.05) is 23.7 Å². The van der Waals surface area contributed by atoms with E-state index in [0.29, 0.717) is 18.1 Å². The molecule has 0 spiro atoms. The predicted octanol–water partition coefficient (Wildman–Crippen LogP) is 2.88. The van der Waals surface area contributed by atoms with Crippen molar-refractivity contribution >= 4 is 23.5 Å². The van der Waals surface area contributed by atoms with Gasteiger partial charge in [0.2, 0.25) is 5.91 Å². The molecule has 3 amide bonds. The number of hydrogen-bond acceptors (Lipinski definition) is 2. The Kier molecular flexibility index (Phi) is 5.61. The summed E-state index contributed by atoms with van der Waals surface area (Å²) >= 11 is 5.87. The van der Waals surface area contributed by atoms with Crippen molar-refractivity contribution in [3.63, 3.8) is 0 Å². The Morgan fingerprint density at radius 2 is 1.71 bits per heavy atom. The number of nitrogens with zero attached hydrogens (tertiary/aromatic N) is 2. The van der Waals surface area contributed by atoms with E-state index in [4.69, 9.17) is 11.6 Å². The van der Waals surface area contributed by atoms with Crippen molar-refractivity contribution in [3.8, 4) is 0 Å². The van der Waals surface area contributed by atoms with Crippen molar-refractivity contribution in [2.75, 3.05) is 26.2 Å². The van der Waals surface area contributed by atoms with E-state index in [0.717, 1.165) is 50.9 Å². The molecule has 0 saturated carbocycles. The van der Waals surface area contributed by atoms with Gasteiger partial charge in [0.05, 0.1) is 5.92 Å². The van der Waals surface area contributed by atoms with Gasteiger partial charge in [0, 0.05) is 37.7 Å². The summed E-state index contributed by atoms with van der Waals surface area (Å²) in [4.78, 5) is 28.7. The van der Waals surface area contributed by atoms with Gasteiger partial charge in [0.25, 0.3) is 0 Å². The molecule has 1 aromatic rings. The Morgan fingerprint density at radius 1 is 1.04 bits per heavy atom. The average Bonchev–Trinajstić information content (AvgIpc) is 3.15. The number of piperidine rings is 1. The molecule has 5 nitrogen and oxygen atoms in total. The number of urea groups is 1. The van der Waals surface area contributed by atoms with Crippen LogP contribution in [0.15, 0.2) is 24.3 Å². The zero-order valence-corrected chi connectivity index (χ0v) is 14.6. The first kappa shape index (κ1) is 17.1. The molecule has 24 heavy (non-hydrogen) atoms. The molecule has 1 aromatic carbocycles. The van der Waals surface area contributed by atoms with Crippen LogP contribution in [0.2, 0.25) is 5.02 Å². The van der Waals surface area contributed by atoms with Crippen LogP contribution >= 0.6 is 11.6 Å². The number of carbonyl (C=O) groups is 2. The number of likely N-dealkylation sites (tertiary alicyclic amines) is 2. The van der Waals surface area contributed by atoms with Gasteiger partial charge in [-0.25, -0.2) is 4.79 Å². The Labute approximate surface area is 147 Å². The van der Waals surface area contributed by atoms with E-state index in [1.165, 1.54) is 0 Å². The molecular weight excluding hydrogens is 326 g/mol. The van der Waals surface area contributed by atoms with Crippen molar-refractivity contribution < 1.29 is 9.59 Å². The number of hydrogen-bond donors (Lipinski definition) is 1. The number of nitrogens with one attached hydrogen (secondary N) is 1. The molecule has 2 aliphatic heterocycles. The van der Waals surface area contributed by atoms with Crippen LogP contribution in [0.4, 0.5) is 4.79 Å². The lowest BCUT2D eigenvalue weighted by Crippen LogP contribution is -2.49. The molecule has 1 N–H and O–H groups in total. The van der Waals surface area contributed by atoms with Gasteiger partial charge in [0.15, 0.2) is 0 Å². The third kappa shape index (κ3) is 4.20. The summed E-state index contributed by atoms with van der Waals surface area (Å²) in [5.41, 5.74) is 1.02. The maximum atomic E-state index is 12.5. The molecule has 130 valence electrons. The Morgan fingerprint density at radius 3 is 2.42 bits per heavy atom. The molecule has 2 heterocycles. The molecule has 0 aromatic heterocycles. The standard InChI is InChI=1S/C18H24ClN3O2/c19-16-7-5-14(6-8-16)12-20-17(23)15-4-3-11-22(13-15)18(24)21-9-1-2-10-21/h5-8,15H,1-4,9-13H2,(H,20,23)/t15-/m1/s1. The summed E-state index contributed by atoms with van der Waals surface area (Å²) in [7, 11) is 0. The summed E-state index contributed by atoms with van der Waals surface area (Å²) in [5, 5.41) is 3.67. The molecule has 1 atom stereocenters. The van der Waals surface area contributed by atoms with Crippen LogP contribution < -0.4 is 5.32 Å². The van der Waals surface area contributed by atoms with Crippen LogP contribution in [0.1, 0.15) is 31.2 Å². The quantitative estimate of drug-likeness (QED) is 0.912. The van der Waals surface area contributed by atoms with Crippen molar-refractivity contribution in [2.24, 2.45) is 5.92 Å². The van der Waals surface area contributed by atoms with Crippen molar-refractivity contribution in [2.45, 2.75) is 32.2 Å². The zero-order valence-electron chi connectivity index (χ0n) is 13.8. The summed E-state index contributed by atoms with van der Waals surface area (Å²) < 4.78 is 0. The van der Waals surface area contributed by atoms with E-state index in [2.05, 4.69) is 5.32 Å². The first-order chi connectivity index (χ1) is 11.6. The highest BCUT2D eigenvalue weighted by Gasteiger charge is 2.31. The fourth-order valence-electron chi connectivity index (χ4n) is 3.41. The molecule has 6 heteroatoms. The lowest BCUT2D eigenvalue weighted by Gasteiger charge is -2.34. The van der Waals surface area contributed by atoms with Gasteiger partial charge in [-0.15, -0.1) is 0 Å². The van der Waals surface area contributed by atoms with E-state index >= 15 is 0 Å². The maximum Gasteiger partial charge on any atom is 0.320 e. The van der Waals surface area contributed by atoms with Gasteiger partial charge >= 0.3 is 6.03 Å². The van der Waals surface area contributed by atoms with Crippen LogP contribution in [0.25, 0.3) is 0 Å². The fraction of sp³-hybridized carbons (Fsp3) is 0.556. The van der Waals surface area contributed by atoms with Crippen LogP contribution in [-0.4, -0.2) is 47.9 Å². The minimum absolute atomic E-state index is 0.0314. The van der Waals surface area contributed by atoms with Crippen LogP contribution in [0, 0.1) is 5.92 Å². The van der Waals surface area contributed by atoms with Gasteiger partial charge in [0.1, 0.15) is 0 Å². The van der Waals surface area contributed by atoms with Gasteiger partial charge in [-0.3, -0.25) is 4.79 Å². The van der Waals surface area contributed by atoms with Gasteiger partial charge < -0.3 is 15.1 Å². The minimum Gasteiger partial charge on any atom is -0.352 e.